The Morgan fingerprint density at radius 2 is 2.03 bits per heavy atom. The Kier molecular flexibility index (Phi) is 8.84. The average molecular weight is 417 g/mol. The summed E-state index contributed by atoms with van der Waals surface area (Å²) >= 11 is 5.17. The second-order valence-corrected chi connectivity index (χ2v) is 6.48. The first-order valence-corrected chi connectivity index (χ1v) is 9.60. The third kappa shape index (κ3) is 7.04. The molecule has 0 aliphatic heterocycles. The number of hydrazone groups is 1. The van der Waals surface area contributed by atoms with Crippen molar-refractivity contribution in [2.24, 2.45) is 5.10 Å². The van der Waals surface area contributed by atoms with Crippen LogP contribution in [0.25, 0.3) is 0 Å². The molecule has 2 rings (SSSR count). The summed E-state index contributed by atoms with van der Waals surface area (Å²) in [5.74, 6) is 0.405. The van der Waals surface area contributed by atoms with Gasteiger partial charge < -0.3 is 14.8 Å². The van der Waals surface area contributed by atoms with Gasteiger partial charge in [-0.1, -0.05) is 38.0 Å². The number of hydrogen-bond donors (Lipinski definition) is 2. The van der Waals surface area contributed by atoms with E-state index in [4.69, 9.17) is 21.7 Å². The fourth-order valence-electron chi connectivity index (χ4n) is 2.49. The molecular weight excluding hydrogens is 392 g/mol. The SMILES string of the molecule is CCCCCOc1c(OC)cc(/C=N/NC(=S)Nc2ccccc2)cc1[N+](=O)[O-]. The largest absolute Gasteiger partial charge is 0.493 e. The van der Waals surface area contributed by atoms with Crippen molar-refractivity contribution in [3.05, 3.63) is 58.1 Å². The van der Waals surface area contributed by atoms with Gasteiger partial charge in [0.25, 0.3) is 0 Å². The molecule has 0 amide bonds. The number of nitrogens with zero attached hydrogens (tertiary/aromatic N) is 2. The molecule has 2 N–H and O–H groups in total. The summed E-state index contributed by atoms with van der Waals surface area (Å²) in [6.45, 7) is 2.46. The van der Waals surface area contributed by atoms with Crippen LogP contribution in [-0.2, 0) is 0 Å². The summed E-state index contributed by atoms with van der Waals surface area (Å²) < 4.78 is 10.9. The van der Waals surface area contributed by atoms with Gasteiger partial charge in [-0.05, 0) is 36.8 Å². The van der Waals surface area contributed by atoms with Gasteiger partial charge in [0.15, 0.2) is 10.9 Å². The van der Waals surface area contributed by atoms with Crippen molar-refractivity contribution in [1.82, 2.24) is 5.43 Å². The molecule has 0 unspecified atom stereocenters. The number of rotatable bonds is 10. The lowest BCUT2D eigenvalue weighted by Crippen LogP contribution is -2.23. The zero-order valence-corrected chi connectivity index (χ0v) is 17.2. The Balaban J connectivity index is 2.09. The lowest BCUT2D eigenvalue weighted by atomic mass is 10.2. The van der Waals surface area contributed by atoms with Crippen molar-refractivity contribution in [3.63, 3.8) is 0 Å². The third-order valence-electron chi connectivity index (χ3n) is 3.88. The molecule has 0 aliphatic rings. The topological polar surface area (TPSA) is 98.0 Å². The molecule has 0 aliphatic carbocycles. The lowest BCUT2D eigenvalue weighted by Gasteiger charge is -2.12. The van der Waals surface area contributed by atoms with Gasteiger partial charge in [0.05, 0.1) is 24.9 Å². The predicted molar refractivity (Wildman–Crippen MR) is 118 cm³/mol. The highest BCUT2D eigenvalue weighted by Crippen LogP contribution is 2.38. The first kappa shape index (κ1) is 22.1. The van der Waals surface area contributed by atoms with Crippen molar-refractivity contribution >= 4 is 34.9 Å². The molecule has 154 valence electrons. The molecule has 0 bridgehead atoms. The molecule has 0 saturated carbocycles. The monoisotopic (exact) mass is 416 g/mol. The van der Waals surface area contributed by atoms with Crippen LogP contribution in [0.1, 0.15) is 31.7 Å². The van der Waals surface area contributed by atoms with Crippen LogP contribution in [0.3, 0.4) is 0 Å². The molecule has 0 atom stereocenters. The van der Waals surface area contributed by atoms with Crippen LogP contribution >= 0.6 is 12.2 Å². The van der Waals surface area contributed by atoms with E-state index in [1.807, 2.05) is 30.3 Å². The number of benzene rings is 2. The third-order valence-corrected chi connectivity index (χ3v) is 4.07. The Morgan fingerprint density at radius 3 is 2.69 bits per heavy atom. The average Bonchev–Trinajstić information content (AvgIpc) is 2.72. The highest BCUT2D eigenvalue weighted by Gasteiger charge is 2.22. The smallest absolute Gasteiger partial charge is 0.315 e. The number of anilines is 1. The number of nitro benzene ring substituents is 1. The summed E-state index contributed by atoms with van der Waals surface area (Å²) in [6, 6.07) is 12.4. The Labute approximate surface area is 175 Å². The summed E-state index contributed by atoms with van der Waals surface area (Å²) in [6.07, 6.45) is 4.26. The number of methoxy groups -OCH3 is 1. The fraction of sp³-hybridized carbons (Fsp3) is 0.300. The standard InChI is InChI=1S/C20H24N4O4S/c1-3-4-8-11-28-19-17(24(25)26)12-15(13-18(19)27-2)14-21-23-20(29)22-16-9-6-5-7-10-16/h5-7,9-10,12-14H,3-4,8,11H2,1-2H3,(H2,22,23,29)/b21-14+. The molecule has 9 heteroatoms. The number of hydrogen-bond acceptors (Lipinski definition) is 6. The van der Waals surface area contributed by atoms with E-state index in [0.717, 1.165) is 24.9 Å². The minimum atomic E-state index is -0.496. The molecule has 0 heterocycles. The molecule has 0 fully saturated rings. The minimum absolute atomic E-state index is 0.125. The maximum Gasteiger partial charge on any atom is 0.315 e. The van der Waals surface area contributed by atoms with E-state index in [1.165, 1.54) is 19.4 Å². The maximum atomic E-state index is 11.5. The van der Waals surface area contributed by atoms with E-state index in [0.29, 0.717) is 17.3 Å². The minimum Gasteiger partial charge on any atom is -0.493 e. The Morgan fingerprint density at radius 1 is 1.28 bits per heavy atom. The van der Waals surface area contributed by atoms with Crippen molar-refractivity contribution in [1.29, 1.82) is 0 Å². The van der Waals surface area contributed by atoms with Gasteiger partial charge in [0.1, 0.15) is 0 Å². The van der Waals surface area contributed by atoms with Crippen molar-refractivity contribution in [3.8, 4) is 11.5 Å². The summed E-state index contributed by atoms with van der Waals surface area (Å²) in [4.78, 5) is 11.0. The number of thiocarbonyl (C=S) groups is 1. The second kappa shape index (κ2) is 11.6. The van der Waals surface area contributed by atoms with Gasteiger partial charge >= 0.3 is 5.69 Å². The maximum absolute atomic E-state index is 11.5. The number of nitrogens with one attached hydrogen (secondary N) is 2. The highest BCUT2D eigenvalue weighted by atomic mass is 32.1. The zero-order chi connectivity index (χ0) is 21.1. The number of nitro groups is 1. The van der Waals surface area contributed by atoms with Crippen LogP contribution in [-0.4, -0.2) is 30.0 Å². The molecular formula is C20H24N4O4S. The molecule has 2 aromatic rings. The van der Waals surface area contributed by atoms with Crippen LogP contribution < -0.4 is 20.2 Å². The molecule has 0 spiro atoms. The van der Waals surface area contributed by atoms with Crippen LogP contribution in [0.4, 0.5) is 11.4 Å². The van der Waals surface area contributed by atoms with E-state index >= 15 is 0 Å². The van der Waals surface area contributed by atoms with Crippen LogP contribution in [0.15, 0.2) is 47.6 Å². The normalized spacial score (nSPS) is 10.6. The predicted octanol–water partition coefficient (Wildman–Crippen LogP) is 4.49. The molecule has 0 radical (unpaired) electrons. The van der Waals surface area contributed by atoms with Gasteiger partial charge in [-0.15, -0.1) is 0 Å². The fourth-order valence-corrected chi connectivity index (χ4v) is 2.66. The van der Waals surface area contributed by atoms with Gasteiger partial charge in [0, 0.05) is 17.3 Å². The first-order valence-electron chi connectivity index (χ1n) is 9.19. The van der Waals surface area contributed by atoms with E-state index in [9.17, 15) is 10.1 Å². The van der Waals surface area contributed by atoms with E-state index in [-0.39, 0.29) is 17.2 Å². The van der Waals surface area contributed by atoms with Gasteiger partial charge in [-0.3, -0.25) is 15.5 Å². The van der Waals surface area contributed by atoms with Crippen molar-refractivity contribution < 1.29 is 14.4 Å². The van der Waals surface area contributed by atoms with Crippen LogP contribution in [0.2, 0.25) is 0 Å². The lowest BCUT2D eigenvalue weighted by molar-refractivity contribution is -0.386. The number of ether oxygens (including phenoxy) is 2. The molecule has 0 saturated heterocycles. The Bertz CT molecular complexity index is 859. The second-order valence-electron chi connectivity index (χ2n) is 6.07. The summed E-state index contributed by atoms with van der Waals surface area (Å²) in [7, 11) is 1.44. The van der Waals surface area contributed by atoms with Crippen molar-refractivity contribution in [2.45, 2.75) is 26.2 Å². The van der Waals surface area contributed by atoms with Crippen molar-refractivity contribution in [2.75, 3.05) is 19.0 Å². The molecule has 0 aromatic heterocycles. The number of unbranched alkanes of at least 4 members (excludes halogenated alkanes) is 2. The summed E-state index contributed by atoms with van der Waals surface area (Å²) in [5, 5.41) is 18.8. The first-order chi connectivity index (χ1) is 14.0. The number of para-hydroxylation sites is 1. The zero-order valence-electron chi connectivity index (χ0n) is 16.4. The van der Waals surface area contributed by atoms with Gasteiger partial charge in [0.2, 0.25) is 5.75 Å². The van der Waals surface area contributed by atoms with Crippen LogP contribution in [0, 0.1) is 10.1 Å². The van der Waals surface area contributed by atoms with Gasteiger partial charge in [-0.25, -0.2) is 0 Å². The van der Waals surface area contributed by atoms with Gasteiger partial charge in [-0.2, -0.15) is 5.10 Å². The van der Waals surface area contributed by atoms with E-state index in [2.05, 4.69) is 22.8 Å². The Hall–Kier alpha value is -3.20. The molecule has 29 heavy (non-hydrogen) atoms. The van der Waals surface area contributed by atoms with E-state index < -0.39 is 4.92 Å². The van der Waals surface area contributed by atoms with E-state index in [1.54, 1.807) is 6.07 Å². The highest BCUT2D eigenvalue weighted by molar-refractivity contribution is 7.80. The molecule has 2 aromatic carbocycles. The van der Waals surface area contributed by atoms with Crippen LogP contribution in [0.5, 0.6) is 11.5 Å². The summed E-state index contributed by atoms with van der Waals surface area (Å²) in [5.41, 5.74) is 3.80. The molecule has 8 nitrogen and oxygen atoms in total. The quantitative estimate of drug-likeness (QED) is 0.194.